The van der Waals surface area contributed by atoms with Crippen molar-refractivity contribution in [3.05, 3.63) is 40.5 Å². The van der Waals surface area contributed by atoms with E-state index in [1.165, 1.54) is 23.7 Å². The third-order valence-electron chi connectivity index (χ3n) is 3.02. The molecular weight excluding hydrogens is 250 g/mol. The molecule has 1 aliphatic carbocycles. The van der Waals surface area contributed by atoms with Crippen LogP contribution in [0.2, 0.25) is 5.02 Å². The van der Waals surface area contributed by atoms with Crippen LogP contribution in [-0.4, -0.2) is 9.97 Å². The van der Waals surface area contributed by atoms with Gasteiger partial charge in [-0.2, -0.15) is 4.98 Å². The van der Waals surface area contributed by atoms with Crippen LogP contribution in [0.4, 0.5) is 5.95 Å². The molecule has 0 saturated heterocycles. The number of benzene rings is 1. The van der Waals surface area contributed by atoms with Crippen molar-refractivity contribution in [3.63, 3.8) is 0 Å². The van der Waals surface area contributed by atoms with Gasteiger partial charge in [-0.05, 0) is 42.5 Å². The summed E-state index contributed by atoms with van der Waals surface area (Å²) in [5, 5.41) is 0.352. The number of hydrogen-bond acceptors (Lipinski definition) is 4. The van der Waals surface area contributed by atoms with E-state index in [9.17, 15) is 0 Å². The first-order valence-corrected chi connectivity index (χ1v) is 6.18. The zero-order valence-electron chi connectivity index (χ0n) is 9.69. The maximum atomic E-state index is 5.96. The minimum atomic E-state index is 0.149. The minimum absolute atomic E-state index is 0.149. The van der Waals surface area contributed by atoms with Crippen molar-refractivity contribution >= 4 is 17.5 Å². The van der Waals surface area contributed by atoms with Gasteiger partial charge in [0.2, 0.25) is 11.8 Å². The highest BCUT2D eigenvalue weighted by atomic mass is 35.5. The fourth-order valence-corrected chi connectivity index (χ4v) is 2.29. The molecule has 0 atom stereocenters. The number of aromatic nitrogens is 2. The number of nitrogen functional groups attached to an aromatic ring is 1. The Labute approximate surface area is 110 Å². The fraction of sp³-hybridized carbons (Fsp3) is 0.231. The van der Waals surface area contributed by atoms with Gasteiger partial charge in [0.25, 0.3) is 0 Å². The van der Waals surface area contributed by atoms with Crippen molar-refractivity contribution in [3.8, 4) is 11.6 Å². The van der Waals surface area contributed by atoms with E-state index in [1.807, 2.05) is 12.1 Å². The number of aryl methyl sites for hydroxylation is 2. The van der Waals surface area contributed by atoms with Crippen molar-refractivity contribution in [1.82, 2.24) is 9.97 Å². The van der Waals surface area contributed by atoms with Crippen LogP contribution >= 0.6 is 11.6 Å². The molecule has 5 heteroatoms. The summed E-state index contributed by atoms with van der Waals surface area (Å²) < 4.78 is 5.65. The lowest BCUT2D eigenvalue weighted by atomic mass is 10.1. The lowest BCUT2D eigenvalue weighted by molar-refractivity contribution is 0.462. The largest absolute Gasteiger partial charge is 0.437 e. The van der Waals surface area contributed by atoms with Crippen LogP contribution in [0.15, 0.2) is 24.4 Å². The number of nitrogens with zero attached hydrogens (tertiary/aromatic N) is 2. The third-order valence-corrected chi connectivity index (χ3v) is 3.27. The van der Waals surface area contributed by atoms with Gasteiger partial charge in [0.1, 0.15) is 10.8 Å². The van der Waals surface area contributed by atoms with Crippen LogP contribution in [0.5, 0.6) is 11.6 Å². The average molecular weight is 262 g/mol. The Morgan fingerprint density at radius 3 is 2.94 bits per heavy atom. The lowest BCUT2D eigenvalue weighted by Crippen LogP contribution is -1.97. The topological polar surface area (TPSA) is 61.0 Å². The molecule has 0 unspecified atom stereocenters. The fourth-order valence-electron chi connectivity index (χ4n) is 2.16. The van der Waals surface area contributed by atoms with Gasteiger partial charge in [0, 0.05) is 0 Å². The van der Waals surface area contributed by atoms with Crippen LogP contribution in [0.3, 0.4) is 0 Å². The van der Waals surface area contributed by atoms with Crippen LogP contribution in [-0.2, 0) is 12.8 Å². The van der Waals surface area contributed by atoms with E-state index in [0.717, 1.165) is 18.6 Å². The maximum Gasteiger partial charge on any atom is 0.243 e. The number of halogens is 1. The van der Waals surface area contributed by atoms with Crippen LogP contribution in [0, 0.1) is 0 Å². The van der Waals surface area contributed by atoms with Crippen molar-refractivity contribution in [2.45, 2.75) is 19.3 Å². The van der Waals surface area contributed by atoms with Crippen molar-refractivity contribution < 1.29 is 4.74 Å². The number of nitrogens with two attached hydrogens (primary N) is 1. The Kier molecular flexibility index (Phi) is 2.80. The van der Waals surface area contributed by atoms with Gasteiger partial charge in [-0.3, -0.25) is 0 Å². The molecule has 0 amide bonds. The standard InChI is InChI=1S/C13H12ClN3O/c14-11-7-16-13(15)17-12(11)18-10-5-4-8-2-1-3-9(8)6-10/h4-7H,1-3H2,(H2,15,16,17). The van der Waals surface area contributed by atoms with E-state index in [-0.39, 0.29) is 5.95 Å². The summed E-state index contributed by atoms with van der Waals surface area (Å²) in [6, 6.07) is 6.06. The van der Waals surface area contributed by atoms with E-state index < -0.39 is 0 Å². The Bertz CT molecular complexity index is 601. The van der Waals surface area contributed by atoms with E-state index in [2.05, 4.69) is 16.0 Å². The molecule has 18 heavy (non-hydrogen) atoms. The summed E-state index contributed by atoms with van der Waals surface area (Å²) in [6.45, 7) is 0. The molecule has 0 radical (unpaired) electrons. The molecule has 1 aliphatic rings. The second-order valence-electron chi connectivity index (χ2n) is 4.27. The summed E-state index contributed by atoms with van der Waals surface area (Å²) in [4.78, 5) is 7.77. The second kappa shape index (κ2) is 4.46. The summed E-state index contributed by atoms with van der Waals surface area (Å²) in [5.74, 6) is 1.17. The SMILES string of the molecule is Nc1ncc(Cl)c(Oc2ccc3c(c2)CCC3)n1. The highest BCUT2D eigenvalue weighted by Crippen LogP contribution is 2.31. The first-order valence-electron chi connectivity index (χ1n) is 5.80. The van der Waals surface area contributed by atoms with Crippen molar-refractivity contribution in [2.75, 3.05) is 5.73 Å². The molecule has 0 spiro atoms. The molecule has 1 heterocycles. The Morgan fingerprint density at radius 1 is 1.22 bits per heavy atom. The molecule has 0 fully saturated rings. The first-order chi connectivity index (χ1) is 8.72. The van der Waals surface area contributed by atoms with Gasteiger partial charge in [0.15, 0.2) is 0 Å². The molecular formula is C13H12ClN3O. The molecule has 4 nitrogen and oxygen atoms in total. The molecule has 0 bridgehead atoms. The van der Waals surface area contributed by atoms with E-state index in [1.54, 1.807) is 0 Å². The highest BCUT2D eigenvalue weighted by molar-refractivity contribution is 6.31. The molecule has 2 N–H and O–H groups in total. The van der Waals surface area contributed by atoms with E-state index in [4.69, 9.17) is 22.1 Å². The molecule has 3 rings (SSSR count). The Hall–Kier alpha value is -1.81. The summed E-state index contributed by atoms with van der Waals surface area (Å²) in [6.07, 6.45) is 4.90. The second-order valence-corrected chi connectivity index (χ2v) is 4.67. The van der Waals surface area contributed by atoms with Crippen LogP contribution < -0.4 is 10.5 Å². The van der Waals surface area contributed by atoms with Gasteiger partial charge >= 0.3 is 0 Å². The van der Waals surface area contributed by atoms with Gasteiger partial charge < -0.3 is 10.5 Å². The predicted octanol–water partition coefficient (Wildman–Crippen LogP) is 2.99. The third kappa shape index (κ3) is 2.11. The van der Waals surface area contributed by atoms with Gasteiger partial charge in [-0.1, -0.05) is 17.7 Å². The number of hydrogen-bond donors (Lipinski definition) is 1. The van der Waals surface area contributed by atoms with E-state index in [0.29, 0.717) is 10.9 Å². The van der Waals surface area contributed by atoms with Crippen LogP contribution in [0.25, 0.3) is 0 Å². The van der Waals surface area contributed by atoms with E-state index >= 15 is 0 Å². The summed E-state index contributed by atoms with van der Waals surface area (Å²) >= 11 is 5.96. The Balaban J connectivity index is 1.90. The lowest BCUT2D eigenvalue weighted by Gasteiger charge is -2.08. The van der Waals surface area contributed by atoms with Crippen molar-refractivity contribution in [2.24, 2.45) is 0 Å². The minimum Gasteiger partial charge on any atom is -0.437 e. The summed E-state index contributed by atoms with van der Waals surface area (Å²) in [7, 11) is 0. The predicted molar refractivity (Wildman–Crippen MR) is 70.0 cm³/mol. The normalized spacial score (nSPS) is 13.4. The maximum absolute atomic E-state index is 5.96. The highest BCUT2D eigenvalue weighted by Gasteiger charge is 2.13. The van der Waals surface area contributed by atoms with Gasteiger partial charge in [-0.15, -0.1) is 0 Å². The number of fused-ring (bicyclic) bond motifs is 1. The van der Waals surface area contributed by atoms with Gasteiger partial charge in [-0.25, -0.2) is 4.98 Å². The molecule has 92 valence electrons. The van der Waals surface area contributed by atoms with Crippen LogP contribution in [0.1, 0.15) is 17.5 Å². The average Bonchev–Trinajstić information content (AvgIpc) is 2.81. The number of rotatable bonds is 2. The zero-order valence-corrected chi connectivity index (χ0v) is 10.4. The smallest absolute Gasteiger partial charge is 0.243 e. The quantitative estimate of drug-likeness (QED) is 0.903. The monoisotopic (exact) mass is 261 g/mol. The number of anilines is 1. The Morgan fingerprint density at radius 2 is 2.06 bits per heavy atom. The molecule has 1 aromatic carbocycles. The van der Waals surface area contributed by atoms with Crippen molar-refractivity contribution in [1.29, 1.82) is 0 Å². The number of ether oxygens (including phenoxy) is 1. The van der Waals surface area contributed by atoms with Gasteiger partial charge in [0.05, 0.1) is 6.20 Å². The molecule has 0 aliphatic heterocycles. The zero-order chi connectivity index (χ0) is 12.5. The molecule has 1 aromatic heterocycles. The molecule has 2 aromatic rings. The molecule has 0 saturated carbocycles. The summed E-state index contributed by atoms with van der Waals surface area (Å²) in [5.41, 5.74) is 8.25. The first kappa shape index (κ1) is 11.3.